The van der Waals surface area contributed by atoms with E-state index >= 15 is 0 Å². The van der Waals surface area contributed by atoms with E-state index in [-0.39, 0.29) is 32.5 Å². The molecular weight excluding hydrogens is 344 g/mol. The van der Waals surface area contributed by atoms with Crippen LogP contribution in [0.1, 0.15) is 23.7 Å². The maximum atomic E-state index is 12.1. The van der Waals surface area contributed by atoms with Gasteiger partial charge >= 0.3 is 17.6 Å². The molecular formula is C13H16BrN2O5+. The summed E-state index contributed by atoms with van der Waals surface area (Å²) >= 11 is 3.06. The molecule has 0 aliphatic carbocycles. The first kappa shape index (κ1) is 17.3. The summed E-state index contributed by atoms with van der Waals surface area (Å²) in [5.74, 6) is -1.04. The van der Waals surface area contributed by atoms with Crippen LogP contribution in [-0.4, -0.2) is 38.0 Å². The Morgan fingerprint density at radius 3 is 2.38 bits per heavy atom. The zero-order valence-corrected chi connectivity index (χ0v) is 13.8. The Kier molecular flexibility index (Phi) is 5.19. The zero-order chi connectivity index (χ0) is 16.4. The average Bonchev–Trinajstić information content (AvgIpc) is 2.44. The van der Waals surface area contributed by atoms with E-state index in [0.717, 1.165) is 7.11 Å². The van der Waals surface area contributed by atoms with Crippen LogP contribution < -0.4 is 4.48 Å². The minimum Gasteiger partial charge on any atom is -0.465 e. The molecule has 0 radical (unpaired) electrons. The Hall–Kier alpha value is -1.80. The number of ether oxygens (including phenoxy) is 1. The van der Waals surface area contributed by atoms with Gasteiger partial charge in [0.1, 0.15) is 0 Å². The van der Waals surface area contributed by atoms with Crippen LogP contribution in [0.2, 0.25) is 0 Å². The van der Waals surface area contributed by atoms with Crippen molar-refractivity contribution >= 4 is 39.2 Å². The fourth-order valence-corrected chi connectivity index (χ4v) is 2.51. The maximum absolute atomic E-state index is 12.1. The number of nitro benzene ring substituents is 1. The number of benzene rings is 1. The second-order valence-corrected chi connectivity index (χ2v) is 5.59. The molecule has 0 aliphatic rings. The third-order valence-electron chi connectivity index (χ3n) is 3.21. The number of rotatable bonds is 4. The Morgan fingerprint density at radius 1 is 1.38 bits per heavy atom. The smallest absolute Gasteiger partial charge is 0.351 e. The quantitative estimate of drug-likeness (QED) is 0.357. The zero-order valence-electron chi connectivity index (χ0n) is 12.2. The van der Waals surface area contributed by atoms with Crippen LogP contribution >= 0.6 is 15.9 Å². The fraction of sp³-hybridized carbons (Fsp3) is 0.385. The van der Waals surface area contributed by atoms with Crippen molar-refractivity contribution in [2.24, 2.45) is 0 Å². The number of carbonyl (C=O) groups is 2. The van der Waals surface area contributed by atoms with Crippen LogP contribution in [0.5, 0.6) is 0 Å². The predicted molar refractivity (Wildman–Crippen MR) is 81.1 cm³/mol. The minimum atomic E-state index is -0.854. The first-order valence-corrected chi connectivity index (χ1v) is 6.90. The molecule has 1 aromatic rings. The van der Waals surface area contributed by atoms with Gasteiger partial charge in [-0.25, -0.2) is 14.1 Å². The van der Waals surface area contributed by atoms with Crippen molar-refractivity contribution in [2.45, 2.75) is 13.3 Å². The lowest BCUT2D eigenvalue weighted by atomic mass is 10.1. The predicted octanol–water partition coefficient (Wildman–Crippen LogP) is 2.65. The van der Waals surface area contributed by atoms with Crippen LogP contribution in [0.3, 0.4) is 0 Å². The van der Waals surface area contributed by atoms with E-state index in [1.54, 1.807) is 21.0 Å². The molecule has 0 heterocycles. The van der Waals surface area contributed by atoms with E-state index in [1.807, 2.05) is 0 Å². The number of amides is 1. The summed E-state index contributed by atoms with van der Waals surface area (Å²) in [5.41, 5.74) is -0.401. The van der Waals surface area contributed by atoms with E-state index in [4.69, 9.17) is 0 Å². The molecule has 0 saturated heterocycles. The number of methoxy groups -OCH3 is 1. The van der Waals surface area contributed by atoms with Crippen molar-refractivity contribution in [1.82, 2.24) is 4.48 Å². The largest absolute Gasteiger partial charge is 0.465 e. The van der Waals surface area contributed by atoms with Gasteiger partial charge in [0, 0.05) is 6.07 Å². The van der Waals surface area contributed by atoms with Crippen LogP contribution in [-0.2, 0) is 9.53 Å². The highest BCUT2D eigenvalue weighted by molar-refractivity contribution is 9.10. The lowest BCUT2D eigenvalue weighted by molar-refractivity contribution is -0.386. The molecule has 0 atom stereocenters. The van der Waals surface area contributed by atoms with E-state index < -0.39 is 16.6 Å². The molecule has 0 bridgehead atoms. The van der Waals surface area contributed by atoms with Gasteiger partial charge in [-0.15, -0.1) is 0 Å². The Labute approximate surface area is 130 Å². The second kappa shape index (κ2) is 6.31. The monoisotopic (exact) mass is 359 g/mol. The van der Waals surface area contributed by atoms with Crippen LogP contribution in [0.4, 0.5) is 11.4 Å². The van der Waals surface area contributed by atoms with Crippen molar-refractivity contribution in [3.63, 3.8) is 0 Å². The maximum Gasteiger partial charge on any atom is 0.351 e. The summed E-state index contributed by atoms with van der Waals surface area (Å²) in [6.07, 6.45) is 0.234. The van der Waals surface area contributed by atoms with Crippen molar-refractivity contribution in [3.05, 3.63) is 32.3 Å². The summed E-state index contributed by atoms with van der Waals surface area (Å²) in [6, 6.07) is 2.96. The van der Waals surface area contributed by atoms with Gasteiger partial charge in [-0.05, 0) is 22.0 Å². The minimum absolute atomic E-state index is 0.153. The van der Waals surface area contributed by atoms with Gasteiger partial charge in [0.15, 0.2) is 11.3 Å². The second-order valence-electron chi connectivity index (χ2n) is 4.74. The molecule has 0 spiro atoms. The topological polar surface area (TPSA) is 86.5 Å². The third-order valence-corrected chi connectivity index (χ3v) is 3.85. The van der Waals surface area contributed by atoms with Crippen LogP contribution in [0.15, 0.2) is 16.6 Å². The van der Waals surface area contributed by atoms with Crippen LogP contribution in [0.25, 0.3) is 0 Å². The van der Waals surface area contributed by atoms with Gasteiger partial charge in [-0.3, -0.25) is 10.1 Å². The SMILES string of the molecule is CCC(=O)[N+](C)(C)c1ccc(Br)c([N+](=O)[O-])c1C(=O)OC. The van der Waals surface area contributed by atoms with E-state index in [9.17, 15) is 19.7 Å². The number of hydrogen-bond acceptors (Lipinski definition) is 5. The van der Waals surface area contributed by atoms with E-state index in [1.165, 1.54) is 12.1 Å². The number of hydrogen-bond donors (Lipinski definition) is 0. The Morgan fingerprint density at radius 2 is 1.95 bits per heavy atom. The highest BCUT2D eigenvalue weighted by atomic mass is 79.9. The van der Waals surface area contributed by atoms with Crippen LogP contribution in [0, 0.1) is 10.1 Å². The van der Waals surface area contributed by atoms with Gasteiger partial charge in [0.05, 0.1) is 37.0 Å². The molecule has 0 fully saturated rings. The number of carbonyl (C=O) groups excluding carboxylic acids is 2. The highest BCUT2D eigenvalue weighted by Crippen LogP contribution is 2.38. The Balaban J connectivity index is 3.76. The summed E-state index contributed by atoms with van der Waals surface area (Å²) in [5, 5.41) is 11.3. The van der Waals surface area contributed by atoms with Gasteiger partial charge in [0.25, 0.3) is 0 Å². The fourth-order valence-electron chi connectivity index (χ4n) is 2.03. The van der Waals surface area contributed by atoms with E-state index in [2.05, 4.69) is 20.7 Å². The normalized spacial score (nSPS) is 11.1. The molecule has 0 unspecified atom stereocenters. The molecule has 7 nitrogen and oxygen atoms in total. The molecule has 0 N–H and O–H groups in total. The molecule has 114 valence electrons. The third kappa shape index (κ3) is 3.11. The van der Waals surface area contributed by atoms with Gasteiger partial charge in [-0.1, -0.05) is 6.92 Å². The number of halogens is 1. The molecule has 0 saturated carbocycles. The van der Waals surface area contributed by atoms with E-state index in [0.29, 0.717) is 0 Å². The first-order chi connectivity index (χ1) is 9.68. The summed E-state index contributed by atoms with van der Waals surface area (Å²) in [4.78, 5) is 34.7. The molecule has 1 rings (SSSR count). The van der Waals surface area contributed by atoms with Gasteiger partial charge in [0.2, 0.25) is 0 Å². The molecule has 8 heteroatoms. The molecule has 0 aliphatic heterocycles. The lowest BCUT2D eigenvalue weighted by Crippen LogP contribution is -2.47. The summed E-state index contributed by atoms with van der Waals surface area (Å²) in [6.45, 7) is 1.69. The van der Waals surface area contributed by atoms with Crippen molar-refractivity contribution in [3.8, 4) is 0 Å². The number of quaternary nitrogens is 1. The number of nitrogens with zero attached hydrogens (tertiary/aromatic N) is 2. The standard InChI is InChI=1S/C13H16BrN2O5/c1-5-10(17)16(2,3)9-7-6-8(14)12(15(19)20)11(9)13(18)21-4/h6-7H,5H2,1-4H3/q+1. The van der Waals surface area contributed by atoms with Gasteiger partial charge in [-0.2, -0.15) is 0 Å². The van der Waals surface area contributed by atoms with Crippen molar-refractivity contribution in [2.75, 3.05) is 21.2 Å². The first-order valence-electron chi connectivity index (χ1n) is 6.11. The average molecular weight is 360 g/mol. The summed E-state index contributed by atoms with van der Waals surface area (Å²) in [7, 11) is 4.29. The Bertz CT molecular complexity index is 613. The number of nitro groups is 1. The van der Waals surface area contributed by atoms with Crippen molar-refractivity contribution < 1.29 is 19.2 Å². The van der Waals surface area contributed by atoms with Crippen molar-refractivity contribution in [1.29, 1.82) is 0 Å². The molecule has 0 aromatic heterocycles. The molecule has 1 aromatic carbocycles. The number of esters is 1. The molecule has 1 amide bonds. The highest BCUT2D eigenvalue weighted by Gasteiger charge is 2.39. The molecule has 21 heavy (non-hydrogen) atoms. The lowest BCUT2D eigenvalue weighted by Gasteiger charge is -2.27. The van der Waals surface area contributed by atoms with Gasteiger partial charge < -0.3 is 4.74 Å². The summed E-state index contributed by atoms with van der Waals surface area (Å²) < 4.78 is 4.52.